The summed E-state index contributed by atoms with van der Waals surface area (Å²) in [5.74, 6) is 0.380. The zero-order valence-electron chi connectivity index (χ0n) is 9.87. The average molecular weight is 204 g/mol. The molecule has 15 heavy (non-hydrogen) atoms. The Morgan fingerprint density at radius 1 is 1.07 bits per heavy atom. The third-order valence-corrected chi connectivity index (χ3v) is 2.93. The van der Waals surface area contributed by atoms with Gasteiger partial charge in [-0.2, -0.15) is 5.10 Å². The van der Waals surface area contributed by atoms with Gasteiger partial charge >= 0.3 is 0 Å². The fraction of sp³-hybridized carbons (Fsp3) is 0.545. The van der Waals surface area contributed by atoms with Crippen LogP contribution in [0.5, 0.6) is 0 Å². The molecule has 0 radical (unpaired) electrons. The van der Waals surface area contributed by atoms with Crippen molar-refractivity contribution >= 4 is 5.52 Å². The van der Waals surface area contributed by atoms with Crippen molar-refractivity contribution in [3.63, 3.8) is 0 Å². The van der Waals surface area contributed by atoms with E-state index in [1.165, 1.54) is 11.1 Å². The summed E-state index contributed by atoms with van der Waals surface area (Å²) in [7, 11) is 0. The number of rotatable bonds is 1. The second kappa shape index (κ2) is 3.29. The van der Waals surface area contributed by atoms with Crippen molar-refractivity contribution in [1.29, 1.82) is 0 Å². The summed E-state index contributed by atoms with van der Waals surface area (Å²) >= 11 is 0. The van der Waals surface area contributed by atoms with Crippen LogP contribution < -0.4 is 0 Å². The Balaban J connectivity index is 2.85. The predicted molar refractivity (Wildman–Crippen MR) is 59.1 cm³/mol. The summed E-state index contributed by atoms with van der Waals surface area (Å²) in [6.45, 7) is 10.4. The van der Waals surface area contributed by atoms with Crippen LogP contribution >= 0.6 is 0 Å². The van der Waals surface area contributed by atoms with Crippen molar-refractivity contribution in [3.8, 4) is 0 Å². The lowest BCUT2D eigenvalue weighted by atomic mass is 10.0. The van der Waals surface area contributed by atoms with Gasteiger partial charge < -0.3 is 0 Å². The first kappa shape index (κ1) is 10.1. The van der Waals surface area contributed by atoms with Crippen LogP contribution in [-0.4, -0.2) is 20.0 Å². The maximum absolute atomic E-state index is 4.38. The van der Waals surface area contributed by atoms with Crippen LogP contribution in [0.3, 0.4) is 0 Å². The van der Waals surface area contributed by atoms with E-state index >= 15 is 0 Å². The van der Waals surface area contributed by atoms with Crippen LogP contribution in [0.4, 0.5) is 0 Å². The third kappa shape index (κ3) is 1.40. The second-order valence-corrected chi connectivity index (χ2v) is 4.30. The Bertz CT molecular complexity index is 511. The van der Waals surface area contributed by atoms with Gasteiger partial charge in [-0.15, -0.1) is 9.73 Å². The Kier molecular flexibility index (Phi) is 2.21. The van der Waals surface area contributed by atoms with Gasteiger partial charge in [-0.3, -0.25) is 0 Å². The summed E-state index contributed by atoms with van der Waals surface area (Å²) in [6.07, 6.45) is 0. The molecule has 0 amide bonds. The molecule has 4 nitrogen and oxygen atoms in total. The molecule has 0 aromatic carbocycles. The SMILES string of the molecule is Cc1nn2nnc(C(C)C)c2c(C)c1C. The van der Waals surface area contributed by atoms with Crippen molar-refractivity contribution in [1.82, 2.24) is 20.0 Å². The number of aromatic nitrogens is 4. The highest BCUT2D eigenvalue weighted by Gasteiger charge is 2.15. The van der Waals surface area contributed by atoms with E-state index in [0.29, 0.717) is 5.92 Å². The first-order valence-corrected chi connectivity index (χ1v) is 5.21. The second-order valence-electron chi connectivity index (χ2n) is 4.30. The molecule has 0 bridgehead atoms. The summed E-state index contributed by atoms with van der Waals surface area (Å²) in [5, 5.41) is 12.6. The standard InChI is InChI=1S/C11H16N4/c1-6(2)10-11-8(4)7(3)9(5)13-15(11)14-12-10/h6H,1-5H3. The van der Waals surface area contributed by atoms with Crippen LogP contribution in [0.25, 0.3) is 5.52 Å². The third-order valence-electron chi connectivity index (χ3n) is 2.93. The summed E-state index contributed by atoms with van der Waals surface area (Å²) in [5.41, 5.74) is 5.57. The van der Waals surface area contributed by atoms with Gasteiger partial charge in [-0.05, 0) is 43.0 Å². The molecule has 2 aromatic heterocycles. The van der Waals surface area contributed by atoms with E-state index in [2.05, 4.69) is 43.1 Å². The molecule has 4 heteroatoms. The Morgan fingerprint density at radius 2 is 1.73 bits per heavy atom. The van der Waals surface area contributed by atoms with E-state index in [4.69, 9.17) is 0 Å². The van der Waals surface area contributed by atoms with E-state index in [0.717, 1.165) is 16.9 Å². The molecule has 0 aliphatic carbocycles. The maximum Gasteiger partial charge on any atom is 0.114 e. The zero-order valence-corrected chi connectivity index (χ0v) is 9.87. The van der Waals surface area contributed by atoms with Gasteiger partial charge in [0.15, 0.2) is 0 Å². The van der Waals surface area contributed by atoms with Gasteiger partial charge in [-0.1, -0.05) is 13.8 Å². The van der Waals surface area contributed by atoms with E-state index in [1.54, 1.807) is 4.63 Å². The van der Waals surface area contributed by atoms with Crippen LogP contribution in [0, 0.1) is 20.8 Å². The molecule has 80 valence electrons. The van der Waals surface area contributed by atoms with Crippen LogP contribution in [0.1, 0.15) is 42.3 Å². The number of hydrogen-bond donors (Lipinski definition) is 0. The largest absolute Gasteiger partial charge is 0.154 e. The lowest BCUT2D eigenvalue weighted by Crippen LogP contribution is -2.02. The highest BCUT2D eigenvalue weighted by Crippen LogP contribution is 2.23. The van der Waals surface area contributed by atoms with Crippen molar-refractivity contribution in [2.24, 2.45) is 0 Å². The van der Waals surface area contributed by atoms with Gasteiger partial charge in [0.1, 0.15) is 5.52 Å². The molecule has 2 heterocycles. The molecule has 0 spiro atoms. The quantitative estimate of drug-likeness (QED) is 0.715. The van der Waals surface area contributed by atoms with Crippen molar-refractivity contribution in [2.75, 3.05) is 0 Å². The molecular weight excluding hydrogens is 188 g/mol. The average Bonchev–Trinajstić information content (AvgIpc) is 2.58. The van der Waals surface area contributed by atoms with Gasteiger partial charge in [0.05, 0.1) is 11.4 Å². The summed E-state index contributed by atoms with van der Waals surface area (Å²) in [4.78, 5) is 0. The Hall–Kier alpha value is -1.45. The Morgan fingerprint density at radius 3 is 2.33 bits per heavy atom. The van der Waals surface area contributed by atoms with Gasteiger partial charge in [0, 0.05) is 0 Å². The van der Waals surface area contributed by atoms with Crippen LogP contribution in [0.15, 0.2) is 0 Å². The molecule has 2 aromatic rings. The molecule has 0 saturated carbocycles. The minimum atomic E-state index is 0.380. The first-order valence-electron chi connectivity index (χ1n) is 5.21. The molecule has 0 aliphatic rings. The topological polar surface area (TPSA) is 43.1 Å². The molecule has 2 rings (SSSR count). The molecule has 0 N–H and O–H groups in total. The van der Waals surface area contributed by atoms with E-state index < -0.39 is 0 Å². The van der Waals surface area contributed by atoms with Crippen molar-refractivity contribution in [2.45, 2.75) is 40.5 Å². The molecule has 0 aliphatic heterocycles. The normalized spacial score (nSPS) is 11.6. The lowest BCUT2D eigenvalue weighted by Gasteiger charge is -2.07. The fourth-order valence-corrected chi connectivity index (χ4v) is 1.75. The molecular formula is C11H16N4. The van der Waals surface area contributed by atoms with Gasteiger partial charge in [-0.25, -0.2) is 0 Å². The number of hydrogen-bond acceptors (Lipinski definition) is 3. The van der Waals surface area contributed by atoms with Gasteiger partial charge in [0.25, 0.3) is 0 Å². The molecule has 0 atom stereocenters. The van der Waals surface area contributed by atoms with Crippen LogP contribution in [-0.2, 0) is 0 Å². The molecule has 0 unspecified atom stereocenters. The zero-order chi connectivity index (χ0) is 11.2. The molecule has 0 fully saturated rings. The van der Waals surface area contributed by atoms with Crippen molar-refractivity contribution < 1.29 is 0 Å². The minimum Gasteiger partial charge on any atom is -0.154 e. The maximum atomic E-state index is 4.38. The minimum absolute atomic E-state index is 0.380. The summed E-state index contributed by atoms with van der Waals surface area (Å²) in [6, 6.07) is 0. The molecule has 0 saturated heterocycles. The van der Waals surface area contributed by atoms with E-state index in [1.807, 2.05) is 6.92 Å². The van der Waals surface area contributed by atoms with Gasteiger partial charge in [0.2, 0.25) is 0 Å². The van der Waals surface area contributed by atoms with Crippen LogP contribution in [0.2, 0.25) is 0 Å². The highest BCUT2D eigenvalue weighted by molar-refractivity contribution is 5.60. The number of nitrogens with zero attached hydrogens (tertiary/aromatic N) is 4. The smallest absolute Gasteiger partial charge is 0.114 e. The van der Waals surface area contributed by atoms with E-state index in [9.17, 15) is 0 Å². The Labute approximate surface area is 89.3 Å². The summed E-state index contributed by atoms with van der Waals surface area (Å²) < 4.78 is 1.65. The number of fused-ring (bicyclic) bond motifs is 1. The highest BCUT2D eigenvalue weighted by atomic mass is 15.5. The predicted octanol–water partition coefficient (Wildman–Crippen LogP) is 2.17. The van der Waals surface area contributed by atoms with E-state index in [-0.39, 0.29) is 0 Å². The number of aryl methyl sites for hydroxylation is 2. The lowest BCUT2D eigenvalue weighted by molar-refractivity contribution is 0.716. The first-order chi connectivity index (χ1) is 7.02. The fourth-order valence-electron chi connectivity index (χ4n) is 1.75. The van der Waals surface area contributed by atoms with Crippen molar-refractivity contribution in [3.05, 3.63) is 22.5 Å². The monoisotopic (exact) mass is 204 g/mol.